The second kappa shape index (κ2) is 12.6. The van der Waals surface area contributed by atoms with Gasteiger partial charge in [-0.15, -0.1) is 0 Å². The molecule has 258 valence electrons. The Balaban J connectivity index is 1.09. The third-order valence-corrected chi connectivity index (χ3v) is 10.7. The Bertz CT molecular complexity index is 3200. The van der Waals surface area contributed by atoms with Gasteiger partial charge in [-0.2, -0.15) is 0 Å². The number of rotatable bonds is 6. The second-order valence-electron chi connectivity index (χ2n) is 13.9. The SMILES string of the molecule is c1ccc(-c2cccc(N(c3ccc(-c4cc5c6ccccc6ccc5c5nc(-c6ccccc6)oc45)cc3)c3ccc4c(c3)oc3ccccc34)c2)cc1. The van der Waals surface area contributed by atoms with E-state index in [9.17, 15) is 0 Å². The van der Waals surface area contributed by atoms with Crippen LogP contribution in [-0.4, -0.2) is 4.98 Å². The van der Waals surface area contributed by atoms with Crippen molar-refractivity contribution in [3.8, 4) is 33.7 Å². The topological polar surface area (TPSA) is 42.4 Å². The maximum atomic E-state index is 6.67. The molecule has 2 heterocycles. The predicted molar refractivity (Wildman–Crippen MR) is 227 cm³/mol. The van der Waals surface area contributed by atoms with Gasteiger partial charge < -0.3 is 13.7 Å². The highest BCUT2D eigenvalue weighted by atomic mass is 16.3. The number of furan rings is 1. The molecular formula is C51H32N2O2. The van der Waals surface area contributed by atoms with Crippen LogP contribution in [0, 0.1) is 0 Å². The Morgan fingerprint density at radius 2 is 1.02 bits per heavy atom. The number of hydrogen-bond acceptors (Lipinski definition) is 4. The van der Waals surface area contributed by atoms with Crippen LogP contribution in [0.25, 0.3) is 88.3 Å². The number of fused-ring (bicyclic) bond motifs is 8. The minimum absolute atomic E-state index is 0.611. The summed E-state index contributed by atoms with van der Waals surface area (Å²) in [6, 6.07) is 68.0. The molecule has 0 radical (unpaired) electrons. The van der Waals surface area contributed by atoms with Gasteiger partial charge >= 0.3 is 0 Å². The number of para-hydroxylation sites is 1. The molecule has 0 atom stereocenters. The summed E-state index contributed by atoms with van der Waals surface area (Å²) in [4.78, 5) is 7.42. The lowest BCUT2D eigenvalue weighted by molar-refractivity contribution is 0.621. The van der Waals surface area contributed by atoms with E-state index in [1.807, 2.05) is 42.5 Å². The van der Waals surface area contributed by atoms with Gasteiger partial charge in [0.05, 0.1) is 0 Å². The third-order valence-electron chi connectivity index (χ3n) is 10.7. The zero-order valence-electron chi connectivity index (χ0n) is 29.7. The van der Waals surface area contributed by atoms with Crippen molar-refractivity contribution in [1.29, 1.82) is 0 Å². The molecule has 0 aliphatic heterocycles. The number of aromatic nitrogens is 1. The van der Waals surface area contributed by atoms with Crippen molar-refractivity contribution in [3.05, 3.63) is 194 Å². The van der Waals surface area contributed by atoms with Crippen molar-refractivity contribution >= 4 is 71.6 Å². The average Bonchev–Trinajstić information content (AvgIpc) is 3.87. The van der Waals surface area contributed by atoms with E-state index in [0.29, 0.717) is 5.89 Å². The Morgan fingerprint density at radius 3 is 1.85 bits per heavy atom. The quantitative estimate of drug-likeness (QED) is 0.162. The number of oxazole rings is 1. The van der Waals surface area contributed by atoms with Crippen LogP contribution in [-0.2, 0) is 0 Å². The van der Waals surface area contributed by atoms with Crippen LogP contribution in [0.4, 0.5) is 17.1 Å². The van der Waals surface area contributed by atoms with Crippen molar-refractivity contribution in [3.63, 3.8) is 0 Å². The Morgan fingerprint density at radius 1 is 0.364 bits per heavy atom. The fourth-order valence-electron chi connectivity index (χ4n) is 8.02. The van der Waals surface area contributed by atoms with E-state index in [1.54, 1.807) is 0 Å². The molecule has 55 heavy (non-hydrogen) atoms. The first-order valence-electron chi connectivity index (χ1n) is 18.5. The highest BCUT2D eigenvalue weighted by molar-refractivity contribution is 6.19. The monoisotopic (exact) mass is 704 g/mol. The summed E-state index contributed by atoms with van der Waals surface area (Å²) in [5, 5.41) is 6.82. The van der Waals surface area contributed by atoms with E-state index in [-0.39, 0.29) is 0 Å². The van der Waals surface area contributed by atoms with E-state index in [4.69, 9.17) is 13.8 Å². The van der Waals surface area contributed by atoms with Crippen LogP contribution in [0.1, 0.15) is 0 Å². The first kappa shape index (κ1) is 31.1. The van der Waals surface area contributed by atoms with Gasteiger partial charge in [0.2, 0.25) is 5.89 Å². The van der Waals surface area contributed by atoms with Crippen LogP contribution in [0.3, 0.4) is 0 Å². The van der Waals surface area contributed by atoms with E-state index in [0.717, 1.165) is 83.1 Å². The third kappa shape index (κ3) is 5.26. The van der Waals surface area contributed by atoms with Crippen molar-refractivity contribution in [2.45, 2.75) is 0 Å². The summed E-state index contributed by atoms with van der Waals surface area (Å²) in [5.41, 5.74) is 11.8. The van der Waals surface area contributed by atoms with Gasteiger partial charge in [0.15, 0.2) is 5.58 Å². The molecule has 0 N–H and O–H groups in total. The normalized spacial score (nSPS) is 11.6. The molecule has 0 aliphatic rings. The highest BCUT2D eigenvalue weighted by Gasteiger charge is 2.20. The van der Waals surface area contributed by atoms with Gasteiger partial charge in [-0.25, -0.2) is 4.98 Å². The van der Waals surface area contributed by atoms with Crippen LogP contribution < -0.4 is 4.90 Å². The highest BCUT2D eigenvalue weighted by Crippen LogP contribution is 2.43. The lowest BCUT2D eigenvalue weighted by atomic mass is 9.95. The molecule has 11 aromatic rings. The van der Waals surface area contributed by atoms with Gasteiger partial charge in [-0.05, 0) is 93.5 Å². The summed E-state index contributed by atoms with van der Waals surface area (Å²) in [7, 11) is 0. The number of hydrogen-bond donors (Lipinski definition) is 0. The van der Waals surface area contributed by atoms with Crippen molar-refractivity contribution in [1.82, 2.24) is 4.98 Å². The minimum Gasteiger partial charge on any atom is -0.456 e. The van der Waals surface area contributed by atoms with Crippen LogP contribution in [0.5, 0.6) is 0 Å². The fraction of sp³-hybridized carbons (Fsp3) is 0. The molecular weight excluding hydrogens is 673 g/mol. The van der Waals surface area contributed by atoms with Crippen molar-refractivity contribution in [2.75, 3.05) is 4.90 Å². The zero-order valence-corrected chi connectivity index (χ0v) is 29.7. The molecule has 4 heteroatoms. The Labute approximate surface area is 317 Å². The molecule has 4 nitrogen and oxygen atoms in total. The Kier molecular flexibility index (Phi) is 7.14. The molecule has 2 aromatic heterocycles. The molecule has 0 spiro atoms. The van der Waals surface area contributed by atoms with Crippen LogP contribution in [0.15, 0.2) is 203 Å². The first-order valence-corrected chi connectivity index (χ1v) is 18.5. The van der Waals surface area contributed by atoms with Gasteiger partial charge in [-0.3, -0.25) is 0 Å². The van der Waals surface area contributed by atoms with Gasteiger partial charge in [0.1, 0.15) is 16.7 Å². The average molecular weight is 705 g/mol. The standard InChI is InChI=1S/C51H32N2O2/c1-3-12-33(13-4-1)37-17-11-18-39(30-37)53(40-27-29-43-42-20-9-10-21-47(42)54-48(43)31-40)38-25-22-35(23-26-38)45-32-46-41-19-8-7-14-34(41)24-28-44(46)49-50(45)55-51(52-49)36-15-5-2-6-16-36/h1-32H. The van der Waals surface area contributed by atoms with Crippen LogP contribution >= 0.6 is 0 Å². The van der Waals surface area contributed by atoms with Gasteiger partial charge in [0, 0.05) is 50.4 Å². The van der Waals surface area contributed by atoms with E-state index in [1.165, 1.54) is 16.3 Å². The van der Waals surface area contributed by atoms with E-state index in [2.05, 4.69) is 157 Å². The van der Waals surface area contributed by atoms with Gasteiger partial charge in [-0.1, -0.05) is 127 Å². The smallest absolute Gasteiger partial charge is 0.227 e. The molecule has 0 saturated heterocycles. The maximum absolute atomic E-state index is 6.67. The molecule has 0 unspecified atom stereocenters. The van der Waals surface area contributed by atoms with Crippen molar-refractivity contribution < 1.29 is 8.83 Å². The lowest BCUT2D eigenvalue weighted by Crippen LogP contribution is -2.10. The molecule has 0 aliphatic carbocycles. The summed E-state index contributed by atoms with van der Waals surface area (Å²) in [6.07, 6.45) is 0. The fourth-order valence-corrected chi connectivity index (χ4v) is 8.02. The Hall–Kier alpha value is -7.43. The first-order chi connectivity index (χ1) is 27.2. The molecule has 0 bridgehead atoms. The summed E-state index contributed by atoms with van der Waals surface area (Å²) < 4.78 is 13.0. The van der Waals surface area contributed by atoms with E-state index >= 15 is 0 Å². The number of benzene rings is 9. The van der Waals surface area contributed by atoms with Gasteiger partial charge in [0.25, 0.3) is 0 Å². The lowest BCUT2D eigenvalue weighted by Gasteiger charge is -2.26. The second-order valence-corrected chi connectivity index (χ2v) is 13.9. The summed E-state index contributed by atoms with van der Waals surface area (Å²) in [6.45, 7) is 0. The zero-order chi connectivity index (χ0) is 36.3. The molecule has 9 aromatic carbocycles. The minimum atomic E-state index is 0.611. The van der Waals surface area contributed by atoms with E-state index < -0.39 is 0 Å². The summed E-state index contributed by atoms with van der Waals surface area (Å²) >= 11 is 0. The molecule has 0 fully saturated rings. The predicted octanol–water partition coefficient (Wildman–Crippen LogP) is 14.5. The van der Waals surface area contributed by atoms with Crippen LogP contribution in [0.2, 0.25) is 0 Å². The molecule has 0 amide bonds. The largest absolute Gasteiger partial charge is 0.456 e. The number of anilines is 3. The summed E-state index contributed by atoms with van der Waals surface area (Å²) in [5.74, 6) is 0.611. The molecule has 11 rings (SSSR count). The molecule has 0 saturated carbocycles. The maximum Gasteiger partial charge on any atom is 0.227 e. The number of nitrogens with zero attached hydrogens (tertiary/aromatic N) is 2. The van der Waals surface area contributed by atoms with Crippen molar-refractivity contribution in [2.24, 2.45) is 0 Å².